The van der Waals surface area contributed by atoms with Crippen LogP contribution in [0, 0.1) is 23.3 Å². The number of halogens is 4. The molecule has 1 amide bonds. The minimum atomic E-state index is -1.69. The fourth-order valence-electron chi connectivity index (χ4n) is 1.67. The van der Waals surface area contributed by atoms with Gasteiger partial charge in [-0.15, -0.1) is 0 Å². The molecule has 1 N–H and O–H groups in total. The van der Waals surface area contributed by atoms with Crippen LogP contribution >= 0.6 is 0 Å². The topological polar surface area (TPSA) is 50.7 Å². The molecule has 1 atom stereocenters. The molecule has 0 radical (unpaired) electrons. The summed E-state index contributed by atoms with van der Waals surface area (Å²) in [4.78, 5) is 16.7. The van der Waals surface area contributed by atoms with E-state index in [4.69, 9.17) is 4.84 Å². The number of carbonyl (C=O) groups excluding carboxylic acids is 1. The average Bonchev–Trinajstić information content (AvgIpc) is 2.55. The summed E-state index contributed by atoms with van der Waals surface area (Å²) in [5, 5.41) is 5.58. The first-order valence-corrected chi connectivity index (χ1v) is 6.77. The summed E-state index contributed by atoms with van der Waals surface area (Å²) in [5.74, 6) is -5.85. The molecular formula is C16H12F4N2O2. The molecule has 0 heterocycles. The SMILES string of the molecule is C[C@@H](O/N=C\c1cccc(F)c1)C(=O)Nc1ccc(F)c(F)c1F. The average molecular weight is 340 g/mol. The van der Waals surface area contributed by atoms with E-state index < -0.39 is 41.0 Å². The van der Waals surface area contributed by atoms with Gasteiger partial charge in [0.2, 0.25) is 6.10 Å². The number of amides is 1. The molecule has 0 aliphatic carbocycles. The Labute approximate surface area is 134 Å². The van der Waals surface area contributed by atoms with Crippen molar-refractivity contribution in [1.82, 2.24) is 0 Å². The Kier molecular flexibility index (Phi) is 5.51. The second kappa shape index (κ2) is 7.58. The predicted octanol–water partition coefficient (Wildman–Crippen LogP) is 3.62. The monoisotopic (exact) mass is 340 g/mol. The van der Waals surface area contributed by atoms with Gasteiger partial charge in [-0.3, -0.25) is 4.79 Å². The third kappa shape index (κ3) is 4.31. The molecule has 8 heteroatoms. The highest BCUT2D eigenvalue weighted by Crippen LogP contribution is 2.19. The Morgan fingerprint density at radius 3 is 2.62 bits per heavy atom. The standard InChI is InChI=1S/C16H12F4N2O2/c1-9(24-21-8-10-3-2-4-11(17)7-10)16(23)22-13-6-5-12(18)14(19)15(13)20/h2-9H,1H3,(H,22,23)/b21-8-/t9-/m1/s1. The van der Waals surface area contributed by atoms with Crippen LogP contribution in [0.5, 0.6) is 0 Å². The van der Waals surface area contributed by atoms with E-state index >= 15 is 0 Å². The van der Waals surface area contributed by atoms with Crippen LogP contribution in [0.4, 0.5) is 23.2 Å². The Morgan fingerprint density at radius 1 is 1.17 bits per heavy atom. The van der Waals surface area contributed by atoms with Crippen LogP contribution < -0.4 is 5.32 Å². The third-order valence-corrected chi connectivity index (χ3v) is 2.93. The maximum absolute atomic E-state index is 13.5. The lowest BCUT2D eigenvalue weighted by Gasteiger charge is -2.11. The normalized spacial score (nSPS) is 12.2. The van der Waals surface area contributed by atoms with Crippen molar-refractivity contribution in [2.75, 3.05) is 5.32 Å². The van der Waals surface area contributed by atoms with Crippen molar-refractivity contribution in [3.8, 4) is 0 Å². The first-order chi connectivity index (χ1) is 11.4. The molecule has 0 saturated heterocycles. The smallest absolute Gasteiger partial charge is 0.268 e. The van der Waals surface area contributed by atoms with Gasteiger partial charge in [0.05, 0.1) is 11.9 Å². The molecule has 0 fully saturated rings. The number of oxime groups is 1. The number of benzene rings is 2. The quantitative estimate of drug-likeness (QED) is 0.391. The molecule has 24 heavy (non-hydrogen) atoms. The van der Waals surface area contributed by atoms with Crippen molar-refractivity contribution in [3.63, 3.8) is 0 Å². The highest BCUT2D eigenvalue weighted by atomic mass is 19.2. The van der Waals surface area contributed by atoms with Gasteiger partial charge >= 0.3 is 0 Å². The molecule has 0 unspecified atom stereocenters. The largest absolute Gasteiger partial charge is 0.383 e. The summed E-state index contributed by atoms with van der Waals surface area (Å²) < 4.78 is 52.3. The van der Waals surface area contributed by atoms with E-state index in [-0.39, 0.29) is 0 Å². The molecule has 4 nitrogen and oxygen atoms in total. The molecule has 126 valence electrons. The molecule has 0 spiro atoms. The van der Waals surface area contributed by atoms with Gasteiger partial charge in [0.25, 0.3) is 5.91 Å². The Bertz CT molecular complexity index is 781. The second-order valence-corrected chi connectivity index (χ2v) is 4.75. The molecule has 2 aromatic carbocycles. The zero-order valence-electron chi connectivity index (χ0n) is 12.4. The highest BCUT2D eigenvalue weighted by molar-refractivity contribution is 5.94. The molecule has 2 aromatic rings. The minimum absolute atomic E-state index is 0.411. The van der Waals surface area contributed by atoms with E-state index in [9.17, 15) is 22.4 Å². The van der Waals surface area contributed by atoms with E-state index in [0.717, 1.165) is 6.07 Å². The predicted molar refractivity (Wildman–Crippen MR) is 79.5 cm³/mol. The Morgan fingerprint density at radius 2 is 1.92 bits per heavy atom. The van der Waals surface area contributed by atoms with Crippen LogP contribution in [-0.2, 0) is 9.63 Å². The van der Waals surface area contributed by atoms with Crippen LogP contribution in [0.3, 0.4) is 0 Å². The van der Waals surface area contributed by atoms with Gasteiger partial charge < -0.3 is 10.2 Å². The Balaban J connectivity index is 1.96. The van der Waals surface area contributed by atoms with E-state index in [2.05, 4.69) is 10.5 Å². The van der Waals surface area contributed by atoms with Gasteiger partial charge in [0.15, 0.2) is 17.5 Å². The molecule has 0 aliphatic heterocycles. The van der Waals surface area contributed by atoms with Crippen LogP contribution in [0.2, 0.25) is 0 Å². The molecule has 0 saturated carbocycles. The summed E-state index contributed by atoms with van der Waals surface area (Å²) in [5.41, 5.74) is -0.113. The van der Waals surface area contributed by atoms with Gasteiger partial charge in [0.1, 0.15) is 5.82 Å². The van der Waals surface area contributed by atoms with Crippen LogP contribution in [0.1, 0.15) is 12.5 Å². The molecule has 0 aliphatic rings. The summed E-state index contributed by atoms with van der Waals surface area (Å²) in [7, 11) is 0. The van der Waals surface area contributed by atoms with Crippen molar-refractivity contribution in [3.05, 3.63) is 65.2 Å². The Hall–Kier alpha value is -2.90. The lowest BCUT2D eigenvalue weighted by Crippen LogP contribution is -2.27. The number of hydrogen-bond acceptors (Lipinski definition) is 3. The van der Waals surface area contributed by atoms with Gasteiger partial charge in [-0.1, -0.05) is 17.3 Å². The maximum Gasteiger partial charge on any atom is 0.268 e. The lowest BCUT2D eigenvalue weighted by molar-refractivity contribution is -0.126. The van der Waals surface area contributed by atoms with Gasteiger partial charge in [-0.25, -0.2) is 17.6 Å². The number of rotatable bonds is 5. The lowest BCUT2D eigenvalue weighted by atomic mass is 10.2. The van der Waals surface area contributed by atoms with Gasteiger partial charge in [0, 0.05) is 0 Å². The van der Waals surface area contributed by atoms with E-state index in [1.807, 2.05) is 0 Å². The number of nitrogens with one attached hydrogen (secondary N) is 1. The van der Waals surface area contributed by atoms with Gasteiger partial charge in [-0.2, -0.15) is 0 Å². The van der Waals surface area contributed by atoms with Crippen molar-refractivity contribution >= 4 is 17.8 Å². The van der Waals surface area contributed by atoms with Crippen LogP contribution in [-0.4, -0.2) is 18.2 Å². The number of nitrogens with zero attached hydrogens (tertiary/aromatic N) is 1. The van der Waals surface area contributed by atoms with Crippen molar-refractivity contribution in [1.29, 1.82) is 0 Å². The van der Waals surface area contributed by atoms with E-state index in [0.29, 0.717) is 11.6 Å². The van der Waals surface area contributed by atoms with Crippen LogP contribution in [0.15, 0.2) is 41.6 Å². The zero-order valence-corrected chi connectivity index (χ0v) is 12.4. The summed E-state index contributed by atoms with van der Waals surface area (Å²) in [6.45, 7) is 1.32. The third-order valence-electron chi connectivity index (χ3n) is 2.93. The summed E-state index contributed by atoms with van der Waals surface area (Å²) >= 11 is 0. The second-order valence-electron chi connectivity index (χ2n) is 4.75. The van der Waals surface area contributed by atoms with Gasteiger partial charge in [-0.05, 0) is 36.8 Å². The highest BCUT2D eigenvalue weighted by Gasteiger charge is 2.19. The fourth-order valence-corrected chi connectivity index (χ4v) is 1.67. The molecular weight excluding hydrogens is 328 g/mol. The molecule has 0 bridgehead atoms. The molecule has 0 aromatic heterocycles. The zero-order chi connectivity index (χ0) is 17.7. The van der Waals surface area contributed by atoms with Crippen molar-refractivity contribution < 1.29 is 27.2 Å². The first-order valence-electron chi connectivity index (χ1n) is 6.77. The van der Waals surface area contributed by atoms with E-state index in [1.54, 1.807) is 6.07 Å². The number of hydrogen-bond donors (Lipinski definition) is 1. The van der Waals surface area contributed by atoms with Crippen molar-refractivity contribution in [2.45, 2.75) is 13.0 Å². The summed E-state index contributed by atoms with van der Waals surface area (Å²) in [6, 6.07) is 7.06. The minimum Gasteiger partial charge on any atom is -0.383 e. The van der Waals surface area contributed by atoms with Crippen molar-refractivity contribution in [2.24, 2.45) is 5.16 Å². The molecule has 2 rings (SSSR count). The summed E-state index contributed by atoms with van der Waals surface area (Å²) in [6.07, 6.45) is 0.0349. The number of carbonyl (C=O) groups is 1. The first kappa shape index (κ1) is 17.5. The van der Waals surface area contributed by atoms with E-state index in [1.165, 1.54) is 31.3 Å². The maximum atomic E-state index is 13.5. The fraction of sp³-hybridized carbons (Fsp3) is 0.125. The number of anilines is 1. The van der Waals surface area contributed by atoms with Crippen LogP contribution in [0.25, 0.3) is 0 Å².